The molecule has 0 amide bonds. The summed E-state index contributed by atoms with van der Waals surface area (Å²) in [5, 5.41) is 12.0. The molecule has 0 unspecified atom stereocenters. The molecule has 1 aliphatic heterocycles. The first-order valence-electron chi connectivity index (χ1n) is 12.6. The number of aliphatic hydroxyl groups is 1. The fourth-order valence-electron chi connectivity index (χ4n) is 4.99. The highest BCUT2D eigenvalue weighted by atomic mass is 32.2. The van der Waals surface area contributed by atoms with Crippen LogP contribution in [0, 0.1) is 5.92 Å². The summed E-state index contributed by atoms with van der Waals surface area (Å²) < 4.78 is 30.8. The predicted molar refractivity (Wildman–Crippen MR) is 143 cm³/mol. The first-order chi connectivity index (χ1) is 17.3. The molecule has 0 bridgehead atoms. The van der Waals surface area contributed by atoms with Gasteiger partial charge in [-0.1, -0.05) is 72.8 Å². The minimum atomic E-state index is -3.20. The fourth-order valence-corrected chi connectivity index (χ4v) is 5.42. The lowest BCUT2D eigenvalue weighted by Gasteiger charge is -2.42. The highest BCUT2D eigenvalue weighted by molar-refractivity contribution is 7.88. The Kier molecular flexibility index (Phi) is 8.80. The summed E-state index contributed by atoms with van der Waals surface area (Å²) in [6, 6.07) is 27.6. The number of benzene rings is 3. The van der Waals surface area contributed by atoms with Crippen LogP contribution in [0.5, 0.6) is 5.75 Å². The Morgan fingerprint density at radius 1 is 0.917 bits per heavy atom. The minimum absolute atomic E-state index is 0.158. The molecule has 192 valence electrons. The molecule has 1 aliphatic rings. The monoisotopic (exact) mass is 508 g/mol. The number of likely N-dealkylation sites (tertiary alicyclic amines) is 1. The molecule has 0 saturated carbocycles. The Bertz CT molecular complexity index is 1140. The van der Waals surface area contributed by atoms with Gasteiger partial charge < -0.3 is 14.7 Å². The van der Waals surface area contributed by atoms with Crippen LogP contribution in [0.1, 0.15) is 36.0 Å². The second kappa shape index (κ2) is 12.0. The molecule has 3 aromatic carbocycles. The van der Waals surface area contributed by atoms with Gasteiger partial charge in [0.1, 0.15) is 11.4 Å². The van der Waals surface area contributed by atoms with E-state index in [4.69, 9.17) is 4.74 Å². The normalized spacial score (nSPS) is 15.6. The summed E-state index contributed by atoms with van der Waals surface area (Å²) in [7, 11) is -3.20. The number of nitrogens with one attached hydrogen (secondary N) is 1. The highest BCUT2D eigenvalue weighted by Gasteiger charge is 2.41. The third-order valence-corrected chi connectivity index (χ3v) is 7.62. The van der Waals surface area contributed by atoms with Crippen molar-refractivity contribution in [2.24, 2.45) is 5.92 Å². The summed E-state index contributed by atoms with van der Waals surface area (Å²) in [6.45, 7) is 3.76. The predicted octanol–water partition coefficient (Wildman–Crippen LogP) is 4.15. The van der Waals surface area contributed by atoms with Crippen molar-refractivity contribution in [3.05, 3.63) is 102 Å². The number of sulfonamides is 1. The van der Waals surface area contributed by atoms with E-state index >= 15 is 0 Å². The number of rotatable bonds is 11. The van der Waals surface area contributed by atoms with E-state index in [9.17, 15) is 13.5 Å². The smallest absolute Gasteiger partial charge is 0.209 e. The largest absolute Gasteiger partial charge is 0.494 e. The molecule has 6 nitrogen and oxygen atoms in total. The molecule has 36 heavy (non-hydrogen) atoms. The van der Waals surface area contributed by atoms with Gasteiger partial charge in [-0.2, -0.15) is 0 Å². The summed E-state index contributed by atoms with van der Waals surface area (Å²) in [6.07, 6.45) is 3.94. The molecule has 0 aromatic heterocycles. The summed E-state index contributed by atoms with van der Waals surface area (Å²) in [5.41, 5.74) is 1.82. The van der Waals surface area contributed by atoms with E-state index in [1.807, 2.05) is 84.9 Å². The van der Waals surface area contributed by atoms with Crippen molar-refractivity contribution in [3.8, 4) is 5.75 Å². The van der Waals surface area contributed by atoms with Crippen LogP contribution in [0.15, 0.2) is 84.9 Å². The van der Waals surface area contributed by atoms with Crippen molar-refractivity contribution in [3.63, 3.8) is 0 Å². The Labute approximate surface area is 215 Å². The lowest BCUT2D eigenvalue weighted by Crippen LogP contribution is -2.44. The van der Waals surface area contributed by atoms with E-state index in [0.717, 1.165) is 67.6 Å². The molecule has 0 aliphatic carbocycles. The third-order valence-electron chi connectivity index (χ3n) is 6.96. The molecule has 4 rings (SSSR count). The van der Waals surface area contributed by atoms with Gasteiger partial charge >= 0.3 is 0 Å². The van der Waals surface area contributed by atoms with E-state index in [1.54, 1.807) is 0 Å². The summed E-state index contributed by atoms with van der Waals surface area (Å²) in [4.78, 5) is 2.45. The average molecular weight is 509 g/mol. The number of hydrogen-bond donors (Lipinski definition) is 2. The van der Waals surface area contributed by atoms with Gasteiger partial charge in [-0.15, -0.1) is 0 Å². The summed E-state index contributed by atoms with van der Waals surface area (Å²) >= 11 is 0. The van der Waals surface area contributed by atoms with E-state index < -0.39 is 15.6 Å². The molecule has 1 saturated heterocycles. The van der Waals surface area contributed by atoms with E-state index in [0.29, 0.717) is 6.61 Å². The summed E-state index contributed by atoms with van der Waals surface area (Å²) in [5.74, 6) is 0.943. The van der Waals surface area contributed by atoms with Gasteiger partial charge in [-0.25, -0.2) is 13.1 Å². The lowest BCUT2D eigenvalue weighted by atomic mass is 9.72. The van der Waals surface area contributed by atoms with Gasteiger partial charge in [0.05, 0.1) is 12.9 Å². The van der Waals surface area contributed by atoms with Crippen molar-refractivity contribution < 1.29 is 18.3 Å². The molecule has 1 heterocycles. The molecule has 7 heteroatoms. The first kappa shape index (κ1) is 26.4. The highest BCUT2D eigenvalue weighted by Crippen LogP contribution is 2.41. The maximum absolute atomic E-state index is 12.0. The quantitative estimate of drug-likeness (QED) is 0.381. The van der Waals surface area contributed by atoms with Crippen LogP contribution in [-0.2, 0) is 22.2 Å². The fraction of sp³-hybridized carbons (Fsp3) is 0.379. The molecule has 0 spiro atoms. The van der Waals surface area contributed by atoms with Gasteiger partial charge in [0.2, 0.25) is 10.0 Å². The van der Waals surface area contributed by atoms with Crippen LogP contribution < -0.4 is 9.46 Å². The Morgan fingerprint density at radius 2 is 1.47 bits per heavy atom. The second-order valence-corrected chi connectivity index (χ2v) is 11.4. The van der Waals surface area contributed by atoms with Gasteiger partial charge in [0.15, 0.2) is 0 Å². The van der Waals surface area contributed by atoms with Gasteiger partial charge in [0.25, 0.3) is 0 Å². The van der Waals surface area contributed by atoms with Crippen LogP contribution in [0.4, 0.5) is 0 Å². The molecular weight excluding hydrogens is 472 g/mol. The van der Waals surface area contributed by atoms with Crippen LogP contribution in [-0.4, -0.2) is 50.9 Å². The maximum atomic E-state index is 12.0. The van der Waals surface area contributed by atoms with Crippen LogP contribution in [0.2, 0.25) is 0 Å². The zero-order valence-corrected chi connectivity index (χ0v) is 21.7. The number of nitrogens with zero attached hydrogens (tertiary/aromatic N) is 1. The Hall–Kier alpha value is -2.71. The van der Waals surface area contributed by atoms with Crippen molar-refractivity contribution in [2.45, 2.75) is 31.4 Å². The van der Waals surface area contributed by atoms with Crippen molar-refractivity contribution in [2.75, 3.05) is 32.5 Å². The van der Waals surface area contributed by atoms with Crippen molar-refractivity contribution >= 4 is 10.0 Å². The molecular formula is C29H36N2O4S. The van der Waals surface area contributed by atoms with Crippen molar-refractivity contribution in [1.29, 1.82) is 0 Å². The minimum Gasteiger partial charge on any atom is -0.494 e. The number of ether oxygens (including phenoxy) is 1. The maximum Gasteiger partial charge on any atom is 0.209 e. The van der Waals surface area contributed by atoms with E-state index in [-0.39, 0.29) is 12.5 Å². The molecule has 0 radical (unpaired) electrons. The molecule has 0 atom stereocenters. The van der Waals surface area contributed by atoms with Gasteiger partial charge in [0, 0.05) is 13.1 Å². The number of hydrogen-bond acceptors (Lipinski definition) is 5. The third kappa shape index (κ3) is 6.95. The molecule has 1 fully saturated rings. The number of piperidine rings is 1. The van der Waals surface area contributed by atoms with Crippen molar-refractivity contribution in [1.82, 2.24) is 9.62 Å². The molecule has 2 N–H and O–H groups in total. The average Bonchev–Trinajstić information content (AvgIpc) is 2.91. The first-order valence-corrected chi connectivity index (χ1v) is 14.5. The van der Waals surface area contributed by atoms with Gasteiger partial charge in [-0.05, 0) is 67.1 Å². The molecule has 3 aromatic rings. The second-order valence-electron chi connectivity index (χ2n) is 9.55. The van der Waals surface area contributed by atoms with Crippen LogP contribution in [0.25, 0.3) is 0 Å². The van der Waals surface area contributed by atoms with E-state index in [1.165, 1.54) is 0 Å². The van der Waals surface area contributed by atoms with Crippen LogP contribution >= 0.6 is 0 Å². The van der Waals surface area contributed by atoms with Crippen LogP contribution in [0.3, 0.4) is 0 Å². The zero-order chi connectivity index (χ0) is 25.4. The lowest BCUT2D eigenvalue weighted by molar-refractivity contribution is -0.0146. The Morgan fingerprint density at radius 3 is 2.00 bits per heavy atom. The van der Waals surface area contributed by atoms with E-state index in [2.05, 4.69) is 9.62 Å². The topological polar surface area (TPSA) is 78.9 Å². The standard InChI is InChI=1S/C29H36N2O4S/c1-36(33,34)30-23-24-13-15-28(16-14-24)35-22-8-19-31-20-17-27(18-21-31)29(32,25-9-4-2-5-10-25)26-11-6-3-7-12-26/h2-7,9-16,27,30,32H,8,17-23H2,1H3. The Balaban J connectivity index is 1.25. The van der Waals surface area contributed by atoms with Gasteiger partial charge in [-0.3, -0.25) is 0 Å². The SMILES string of the molecule is CS(=O)(=O)NCc1ccc(OCCCN2CCC(C(O)(c3ccccc3)c3ccccc3)CC2)cc1. The zero-order valence-electron chi connectivity index (χ0n) is 20.8.